The Morgan fingerprint density at radius 3 is 2.83 bits per heavy atom. The van der Waals surface area contributed by atoms with Crippen LogP contribution in [0.25, 0.3) is 0 Å². The van der Waals surface area contributed by atoms with Crippen LogP contribution in [0.5, 0.6) is 0 Å². The zero-order valence-corrected chi connectivity index (χ0v) is 7.47. The highest BCUT2D eigenvalue weighted by molar-refractivity contribution is 9.09. The molecular formula is C6H6BrNO4. The molecule has 1 aromatic heterocycles. The van der Waals surface area contributed by atoms with Gasteiger partial charge < -0.3 is 9.52 Å². The van der Waals surface area contributed by atoms with E-state index in [1.807, 2.05) is 0 Å². The summed E-state index contributed by atoms with van der Waals surface area (Å²) in [7, 11) is 0. The molecule has 0 aliphatic carbocycles. The summed E-state index contributed by atoms with van der Waals surface area (Å²) >= 11 is 2.72. The molecule has 12 heavy (non-hydrogen) atoms. The van der Waals surface area contributed by atoms with Gasteiger partial charge in [0.25, 0.3) is 4.95 Å². The maximum absolute atomic E-state index is 10.2. The number of rotatable bonds is 3. The molecule has 66 valence electrons. The van der Waals surface area contributed by atoms with Crippen molar-refractivity contribution in [1.82, 2.24) is 0 Å². The van der Waals surface area contributed by atoms with E-state index in [1.54, 1.807) is 6.07 Å². The number of aliphatic hydroxyl groups excluding tert-OH is 1. The van der Waals surface area contributed by atoms with Crippen molar-refractivity contribution < 1.29 is 14.4 Å². The molecule has 1 N–H and O–H groups in total. The molecule has 0 bridgehead atoms. The molecule has 6 heteroatoms. The monoisotopic (exact) mass is 235 g/mol. The van der Waals surface area contributed by atoms with E-state index in [0.29, 0.717) is 0 Å². The van der Waals surface area contributed by atoms with Crippen LogP contribution in [0.3, 0.4) is 0 Å². The summed E-state index contributed by atoms with van der Waals surface area (Å²) in [6, 6.07) is 3.03. The Morgan fingerprint density at radius 1 is 1.75 bits per heavy atom. The highest BCUT2D eigenvalue weighted by Crippen LogP contribution is 2.22. The molecule has 0 saturated heterocycles. The lowest BCUT2D eigenvalue weighted by Gasteiger charge is -2.06. The lowest BCUT2D eigenvalue weighted by molar-refractivity contribution is -0.505. The fourth-order valence-corrected chi connectivity index (χ4v) is 0.971. The largest absolute Gasteiger partial charge is 0.466 e. The molecule has 0 fully saturated rings. The molecule has 0 aromatic carbocycles. The van der Waals surface area contributed by atoms with E-state index in [-0.39, 0.29) is 5.76 Å². The molecule has 1 rings (SSSR count). The van der Waals surface area contributed by atoms with Crippen LogP contribution in [0.15, 0.2) is 22.8 Å². The van der Waals surface area contributed by atoms with E-state index in [2.05, 4.69) is 15.9 Å². The van der Waals surface area contributed by atoms with Crippen LogP contribution in [-0.4, -0.2) is 15.0 Å². The maximum Gasteiger partial charge on any atom is 0.298 e. The first-order valence-electron chi connectivity index (χ1n) is 3.12. The molecule has 0 spiro atoms. The molecule has 0 aliphatic rings. The normalized spacial score (nSPS) is 15.5. The highest BCUT2D eigenvalue weighted by Gasteiger charge is 2.29. The number of nitro groups is 1. The molecule has 0 saturated carbocycles. The van der Waals surface area contributed by atoms with Crippen molar-refractivity contribution in [1.29, 1.82) is 0 Å². The van der Waals surface area contributed by atoms with Crippen molar-refractivity contribution >= 4 is 15.9 Å². The van der Waals surface area contributed by atoms with E-state index in [9.17, 15) is 15.2 Å². The van der Waals surface area contributed by atoms with Crippen LogP contribution >= 0.6 is 15.9 Å². The highest BCUT2D eigenvalue weighted by atomic mass is 79.9. The number of aliphatic hydroxyl groups is 1. The predicted octanol–water partition coefficient (Wildman–Crippen LogP) is 1.31. The van der Waals surface area contributed by atoms with Gasteiger partial charge in [-0.3, -0.25) is 10.1 Å². The summed E-state index contributed by atoms with van der Waals surface area (Å²) in [4.78, 5) is 8.33. The molecule has 2 atom stereocenters. The number of nitrogens with zero attached hydrogens (tertiary/aromatic N) is 1. The van der Waals surface area contributed by atoms with Crippen molar-refractivity contribution in [2.75, 3.05) is 0 Å². The number of hydrogen-bond acceptors (Lipinski definition) is 4. The SMILES string of the molecule is O=[N+]([O-])C(Br)C(O)c1ccco1. The fourth-order valence-electron chi connectivity index (χ4n) is 0.710. The molecule has 0 amide bonds. The van der Waals surface area contributed by atoms with Gasteiger partial charge in [-0.15, -0.1) is 0 Å². The molecule has 5 nitrogen and oxygen atoms in total. The molecule has 0 radical (unpaired) electrons. The zero-order chi connectivity index (χ0) is 9.14. The third kappa shape index (κ3) is 1.83. The summed E-state index contributed by atoms with van der Waals surface area (Å²) < 4.78 is 4.78. The van der Waals surface area contributed by atoms with Crippen LogP contribution in [-0.2, 0) is 0 Å². The second-order valence-electron chi connectivity index (χ2n) is 2.12. The first-order valence-corrected chi connectivity index (χ1v) is 4.03. The van der Waals surface area contributed by atoms with Crippen LogP contribution in [0.1, 0.15) is 11.9 Å². The number of halogens is 1. The summed E-state index contributed by atoms with van der Waals surface area (Å²) in [6.45, 7) is 0. The van der Waals surface area contributed by atoms with Crippen molar-refractivity contribution in [3.63, 3.8) is 0 Å². The average molecular weight is 236 g/mol. The third-order valence-electron chi connectivity index (χ3n) is 1.30. The van der Waals surface area contributed by atoms with Gasteiger partial charge in [-0.05, 0) is 28.1 Å². The lowest BCUT2D eigenvalue weighted by Crippen LogP contribution is -2.20. The van der Waals surface area contributed by atoms with Crippen molar-refractivity contribution in [3.8, 4) is 0 Å². The number of alkyl halides is 1. The first kappa shape index (κ1) is 9.21. The molecule has 2 unspecified atom stereocenters. The molecule has 1 aromatic rings. The lowest BCUT2D eigenvalue weighted by atomic mass is 10.3. The van der Waals surface area contributed by atoms with E-state index < -0.39 is 16.0 Å². The van der Waals surface area contributed by atoms with E-state index >= 15 is 0 Å². The Balaban J connectivity index is 2.71. The Hall–Kier alpha value is -0.880. The fraction of sp³-hybridized carbons (Fsp3) is 0.333. The molecule has 1 heterocycles. The number of hydrogen-bond donors (Lipinski definition) is 1. The van der Waals surface area contributed by atoms with Gasteiger partial charge in [0.1, 0.15) is 5.76 Å². The first-order chi connectivity index (χ1) is 5.63. The van der Waals surface area contributed by atoms with E-state index in [0.717, 1.165) is 0 Å². The summed E-state index contributed by atoms with van der Waals surface area (Å²) in [5.41, 5.74) is 0. The van der Waals surface area contributed by atoms with Gasteiger partial charge >= 0.3 is 0 Å². The van der Waals surface area contributed by atoms with Crippen LogP contribution in [0.4, 0.5) is 0 Å². The Morgan fingerprint density at radius 2 is 2.42 bits per heavy atom. The van der Waals surface area contributed by atoms with Gasteiger partial charge in [-0.25, -0.2) is 0 Å². The second-order valence-corrected chi connectivity index (χ2v) is 3.06. The van der Waals surface area contributed by atoms with Crippen molar-refractivity contribution in [2.45, 2.75) is 11.1 Å². The zero-order valence-electron chi connectivity index (χ0n) is 5.88. The van der Waals surface area contributed by atoms with Gasteiger partial charge in [-0.2, -0.15) is 0 Å². The Labute approximate surface area is 76.3 Å². The molecule has 0 aliphatic heterocycles. The van der Waals surface area contributed by atoms with Crippen molar-refractivity contribution in [3.05, 3.63) is 34.3 Å². The minimum absolute atomic E-state index is 0.175. The van der Waals surface area contributed by atoms with Crippen LogP contribution < -0.4 is 0 Å². The Kier molecular flexibility index (Phi) is 2.83. The van der Waals surface area contributed by atoms with Gasteiger partial charge in [0.05, 0.1) is 6.26 Å². The smallest absolute Gasteiger partial charge is 0.298 e. The van der Waals surface area contributed by atoms with Gasteiger partial charge in [0.15, 0.2) is 6.10 Å². The van der Waals surface area contributed by atoms with E-state index in [1.165, 1.54) is 12.3 Å². The van der Waals surface area contributed by atoms with Gasteiger partial charge in [0.2, 0.25) is 0 Å². The quantitative estimate of drug-likeness (QED) is 0.371. The summed E-state index contributed by atoms with van der Waals surface area (Å²) in [5, 5.41) is 19.5. The van der Waals surface area contributed by atoms with Crippen LogP contribution in [0, 0.1) is 10.1 Å². The average Bonchev–Trinajstić information content (AvgIpc) is 2.53. The van der Waals surface area contributed by atoms with Crippen molar-refractivity contribution in [2.24, 2.45) is 0 Å². The Bertz CT molecular complexity index is 261. The van der Waals surface area contributed by atoms with Gasteiger partial charge in [0, 0.05) is 4.92 Å². The summed E-state index contributed by atoms with van der Waals surface area (Å²) in [6.07, 6.45) is 0.0908. The maximum atomic E-state index is 10.2. The minimum Gasteiger partial charge on any atom is -0.466 e. The summed E-state index contributed by atoms with van der Waals surface area (Å²) in [5.74, 6) is 0.175. The topological polar surface area (TPSA) is 76.5 Å². The van der Waals surface area contributed by atoms with Crippen LogP contribution in [0.2, 0.25) is 0 Å². The minimum atomic E-state index is -1.25. The second kappa shape index (κ2) is 3.68. The van der Waals surface area contributed by atoms with E-state index in [4.69, 9.17) is 4.42 Å². The standard InChI is InChI=1S/C6H6BrNO4/c7-6(8(10)11)5(9)4-2-1-3-12-4/h1-3,5-6,9H. The third-order valence-corrected chi connectivity index (χ3v) is 2.13. The number of furan rings is 1. The van der Waals surface area contributed by atoms with Gasteiger partial charge in [-0.1, -0.05) is 0 Å². The predicted molar refractivity (Wildman–Crippen MR) is 43.4 cm³/mol. The molecular weight excluding hydrogens is 230 g/mol.